The molecule has 1 N–H and O–H groups in total. The topological polar surface area (TPSA) is 59.8 Å². The maximum absolute atomic E-state index is 12.8. The summed E-state index contributed by atoms with van der Waals surface area (Å²) in [5.74, 6) is 0.438. The summed E-state index contributed by atoms with van der Waals surface area (Å²) in [6.07, 6.45) is 5.95. The molecule has 1 aliphatic carbocycles. The Labute approximate surface area is 153 Å². The lowest BCUT2D eigenvalue weighted by atomic mass is 10.1. The predicted molar refractivity (Wildman–Crippen MR) is 99.7 cm³/mol. The summed E-state index contributed by atoms with van der Waals surface area (Å²) in [4.78, 5) is 17.5. The fourth-order valence-corrected chi connectivity index (χ4v) is 3.22. The first-order chi connectivity index (χ1) is 12.7. The number of hydrogen-bond acceptors (Lipinski definition) is 3. The third-order valence-corrected chi connectivity index (χ3v) is 4.70. The van der Waals surface area contributed by atoms with Gasteiger partial charge < -0.3 is 5.32 Å². The molecule has 4 rings (SSSR count). The van der Waals surface area contributed by atoms with Crippen LogP contribution in [0.15, 0.2) is 60.9 Å². The van der Waals surface area contributed by atoms with Crippen LogP contribution in [-0.4, -0.2) is 20.7 Å². The number of benzene rings is 1. The van der Waals surface area contributed by atoms with Gasteiger partial charge in [0, 0.05) is 23.7 Å². The molecule has 1 saturated carbocycles. The molecule has 132 valence electrons. The van der Waals surface area contributed by atoms with Gasteiger partial charge in [-0.3, -0.25) is 14.5 Å². The van der Waals surface area contributed by atoms with E-state index < -0.39 is 0 Å². The lowest BCUT2D eigenvalue weighted by Crippen LogP contribution is -2.30. The van der Waals surface area contributed by atoms with Crippen molar-refractivity contribution in [1.29, 1.82) is 0 Å². The lowest BCUT2D eigenvalue weighted by molar-refractivity contribution is 0.0930. The van der Waals surface area contributed by atoms with E-state index in [9.17, 15) is 4.79 Å². The molecule has 2 aromatic heterocycles. The third-order valence-electron chi connectivity index (χ3n) is 4.70. The normalized spacial score (nSPS) is 14.8. The maximum Gasteiger partial charge on any atom is 0.251 e. The van der Waals surface area contributed by atoms with Gasteiger partial charge in [-0.25, -0.2) is 0 Å². The molecule has 1 amide bonds. The van der Waals surface area contributed by atoms with Crippen molar-refractivity contribution in [2.75, 3.05) is 0 Å². The Morgan fingerprint density at radius 3 is 2.81 bits per heavy atom. The average Bonchev–Trinajstić information content (AvgIpc) is 3.36. The molecular formula is C21H22N4O. The highest BCUT2D eigenvalue weighted by molar-refractivity contribution is 5.94. The molecule has 0 spiro atoms. The highest BCUT2D eigenvalue weighted by Gasteiger charge is 2.34. The van der Waals surface area contributed by atoms with Crippen molar-refractivity contribution in [1.82, 2.24) is 20.1 Å². The van der Waals surface area contributed by atoms with Gasteiger partial charge in [0.05, 0.1) is 18.3 Å². The van der Waals surface area contributed by atoms with E-state index in [1.807, 2.05) is 66.3 Å². The number of amides is 1. The van der Waals surface area contributed by atoms with Gasteiger partial charge in [-0.05, 0) is 61.6 Å². The first-order valence-electron chi connectivity index (χ1n) is 9.00. The highest BCUT2D eigenvalue weighted by atomic mass is 16.1. The van der Waals surface area contributed by atoms with Gasteiger partial charge in [-0.1, -0.05) is 18.2 Å². The monoisotopic (exact) mass is 346 g/mol. The molecule has 0 unspecified atom stereocenters. The summed E-state index contributed by atoms with van der Waals surface area (Å²) >= 11 is 0. The van der Waals surface area contributed by atoms with E-state index in [1.54, 1.807) is 6.20 Å². The van der Waals surface area contributed by atoms with Crippen LogP contribution in [0.3, 0.4) is 0 Å². The second-order valence-corrected chi connectivity index (χ2v) is 6.90. The predicted octanol–water partition coefficient (Wildman–Crippen LogP) is 3.52. The van der Waals surface area contributed by atoms with Crippen LogP contribution in [0.4, 0.5) is 0 Å². The molecule has 0 bridgehead atoms. The Morgan fingerprint density at radius 2 is 2.08 bits per heavy atom. The molecule has 1 aromatic carbocycles. The van der Waals surface area contributed by atoms with E-state index in [0.29, 0.717) is 18.0 Å². The standard InChI is InChI=1S/C21H22N4O/c1-15-5-2-8-19(23-15)20(17-9-10-17)24-21(26)18-7-3-6-16(13-18)14-25-12-4-11-22-25/h2-8,11-13,17,20H,9-10,14H2,1H3,(H,24,26)/t20-/m0/s1. The van der Waals surface area contributed by atoms with E-state index in [0.717, 1.165) is 29.8 Å². The SMILES string of the molecule is Cc1cccc([C@@H](NC(=O)c2cccc(Cn3cccn3)c2)C2CC2)n1. The highest BCUT2D eigenvalue weighted by Crippen LogP contribution is 2.40. The van der Waals surface area contributed by atoms with Crippen molar-refractivity contribution >= 4 is 5.91 Å². The summed E-state index contributed by atoms with van der Waals surface area (Å²) < 4.78 is 1.85. The van der Waals surface area contributed by atoms with E-state index in [4.69, 9.17) is 0 Å². The molecule has 1 aliphatic rings. The summed E-state index contributed by atoms with van der Waals surface area (Å²) in [6, 6.07) is 15.6. The molecule has 5 nitrogen and oxygen atoms in total. The second kappa shape index (κ2) is 7.12. The maximum atomic E-state index is 12.8. The van der Waals surface area contributed by atoms with Crippen LogP contribution in [0, 0.1) is 12.8 Å². The molecular weight excluding hydrogens is 324 g/mol. The Kier molecular flexibility index (Phi) is 4.52. The number of hydrogen-bond donors (Lipinski definition) is 1. The van der Waals surface area contributed by atoms with Gasteiger partial charge in [0.1, 0.15) is 0 Å². The number of aromatic nitrogens is 3. The average molecular weight is 346 g/mol. The number of pyridine rings is 1. The van der Waals surface area contributed by atoms with Crippen molar-refractivity contribution in [2.45, 2.75) is 32.4 Å². The number of aryl methyl sites for hydroxylation is 1. The molecule has 1 atom stereocenters. The zero-order valence-electron chi connectivity index (χ0n) is 14.8. The van der Waals surface area contributed by atoms with Crippen LogP contribution in [0.2, 0.25) is 0 Å². The van der Waals surface area contributed by atoms with Crippen molar-refractivity contribution in [2.24, 2.45) is 5.92 Å². The minimum Gasteiger partial charge on any atom is -0.343 e. The molecule has 3 aromatic rings. The largest absolute Gasteiger partial charge is 0.343 e. The van der Waals surface area contributed by atoms with E-state index in [-0.39, 0.29) is 11.9 Å². The first kappa shape index (κ1) is 16.5. The number of carbonyl (C=O) groups excluding carboxylic acids is 1. The van der Waals surface area contributed by atoms with E-state index in [1.165, 1.54) is 0 Å². The van der Waals surface area contributed by atoms with Gasteiger partial charge >= 0.3 is 0 Å². The fraction of sp³-hybridized carbons (Fsp3) is 0.286. The fourth-order valence-electron chi connectivity index (χ4n) is 3.22. The summed E-state index contributed by atoms with van der Waals surface area (Å²) in [6.45, 7) is 2.63. The Balaban J connectivity index is 1.51. The molecule has 26 heavy (non-hydrogen) atoms. The summed E-state index contributed by atoms with van der Waals surface area (Å²) in [5.41, 5.74) is 3.66. The van der Waals surface area contributed by atoms with Crippen LogP contribution in [0.5, 0.6) is 0 Å². The van der Waals surface area contributed by atoms with Gasteiger partial charge in [-0.15, -0.1) is 0 Å². The second-order valence-electron chi connectivity index (χ2n) is 6.90. The first-order valence-corrected chi connectivity index (χ1v) is 9.00. The zero-order valence-corrected chi connectivity index (χ0v) is 14.8. The Morgan fingerprint density at radius 1 is 1.23 bits per heavy atom. The minimum atomic E-state index is -0.0486. The van der Waals surface area contributed by atoms with Crippen molar-refractivity contribution in [3.05, 3.63) is 83.4 Å². The van der Waals surface area contributed by atoms with Crippen LogP contribution >= 0.6 is 0 Å². The Bertz CT molecular complexity index is 900. The zero-order chi connectivity index (χ0) is 17.9. The van der Waals surface area contributed by atoms with Crippen molar-refractivity contribution in [3.63, 3.8) is 0 Å². The van der Waals surface area contributed by atoms with E-state index in [2.05, 4.69) is 15.4 Å². The van der Waals surface area contributed by atoms with Crippen LogP contribution in [0.1, 0.15) is 46.2 Å². The number of nitrogens with one attached hydrogen (secondary N) is 1. The quantitative estimate of drug-likeness (QED) is 0.743. The van der Waals surface area contributed by atoms with Gasteiger partial charge in [0.2, 0.25) is 0 Å². The molecule has 0 radical (unpaired) electrons. The molecule has 0 aliphatic heterocycles. The molecule has 2 heterocycles. The van der Waals surface area contributed by atoms with E-state index >= 15 is 0 Å². The van der Waals surface area contributed by atoms with Gasteiger partial charge in [0.25, 0.3) is 5.91 Å². The number of carbonyl (C=O) groups is 1. The van der Waals surface area contributed by atoms with Crippen LogP contribution in [0.25, 0.3) is 0 Å². The number of nitrogens with zero attached hydrogens (tertiary/aromatic N) is 3. The third kappa shape index (κ3) is 3.82. The molecule has 5 heteroatoms. The van der Waals surface area contributed by atoms with Gasteiger partial charge in [0.15, 0.2) is 0 Å². The lowest BCUT2D eigenvalue weighted by Gasteiger charge is -2.18. The minimum absolute atomic E-state index is 0.0165. The number of rotatable bonds is 6. The van der Waals surface area contributed by atoms with Gasteiger partial charge in [-0.2, -0.15) is 5.10 Å². The van der Waals surface area contributed by atoms with Crippen LogP contribution in [-0.2, 0) is 6.54 Å². The smallest absolute Gasteiger partial charge is 0.251 e. The molecule has 0 saturated heterocycles. The summed E-state index contributed by atoms with van der Waals surface area (Å²) in [5, 5.41) is 7.42. The Hall–Kier alpha value is -2.95. The summed E-state index contributed by atoms with van der Waals surface area (Å²) in [7, 11) is 0. The molecule has 1 fully saturated rings. The van der Waals surface area contributed by atoms with Crippen LogP contribution < -0.4 is 5.32 Å². The van der Waals surface area contributed by atoms with Crippen molar-refractivity contribution in [3.8, 4) is 0 Å². The van der Waals surface area contributed by atoms with Crippen molar-refractivity contribution < 1.29 is 4.79 Å².